The van der Waals surface area contributed by atoms with E-state index in [9.17, 15) is 28.1 Å². The molecule has 8 atom stereocenters. The smallest absolute Gasteiger partial charge is 0.355 e. The molecule has 3 aromatic carbocycles. The fraction of sp³-hybridized carbons (Fsp3) is 0.529. The second-order valence-electron chi connectivity index (χ2n) is 20.0. The predicted molar refractivity (Wildman–Crippen MR) is 254 cm³/mol. The van der Waals surface area contributed by atoms with E-state index in [1.807, 2.05) is 39.1 Å². The molecule has 2 saturated carbocycles. The van der Waals surface area contributed by atoms with E-state index in [-0.39, 0.29) is 65.2 Å². The molecule has 9 rings (SSSR count). The van der Waals surface area contributed by atoms with Crippen LogP contribution in [0.4, 0.5) is 8.78 Å². The molecule has 4 heterocycles. The standard InChI is InChI=1S/C51H62F2N5O7PS/c1-31(2)30-64-50(62)32(3)55-66(63,65-41-13-9-6-10-14-41)46(53)34-15-20-44-35(23-34)24-45(67-44)47(59)54-42-18-16-38(56(4)40-25-37(52)26-40)27-39-17-19-43(58(39)48(42)60)49(61)57-29-36(28-51(57)21-22-51)33-11-7-5-8-12-33/h5-15,20,23-24,31-32,36-40,42-43,46H,16-19,21-22,25-30H2,1-4H3,(H,54,59)(H,55,63)/t32-,36+,37?,38-,39+,40?,42-,43-,46+,66?/m0/s1. The first-order valence-corrected chi connectivity index (χ1v) is 26.4. The number of halogens is 2. The molecule has 3 aliphatic heterocycles. The monoisotopic (exact) mass is 957 g/mol. The van der Waals surface area contributed by atoms with Crippen molar-refractivity contribution < 1.29 is 41.8 Å². The van der Waals surface area contributed by atoms with E-state index < -0.39 is 49.6 Å². The molecule has 5 aliphatic rings. The van der Waals surface area contributed by atoms with E-state index in [4.69, 9.17) is 9.26 Å². The molecule has 3 saturated heterocycles. The van der Waals surface area contributed by atoms with Crippen LogP contribution in [0.25, 0.3) is 10.1 Å². The van der Waals surface area contributed by atoms with Crippen molar-refractivity contribution in [2.24, 2.45) is 5.92 Å². The second-order valence-corrected chi connectivity index (χ2v) is 23.2. The van der Waals surface area contributed by atoms with Gasteiger partial charge in [-0.3, -0.25) is 23.7 Å². The van der Waals surface area contributed by atoms with Crippen molar-refractivity contribution in [1.29, 1.82) is 0 Å². The van der Waals surface area contributed by atoms with Crippen LogP contribution < -0.4 is 14.9 Å². The third-order valence-electron chi connectivity index (χ3n) is 14.8. The van der Waals surface area contributed by atoms with Crippen LogP contribution in [0, 0.1) is 5.92 Å². The van der Waals surface area contributed by atoms with E-state index in [1.165, 1.54) is 36.0 Å². The lowest BCUT2D eigenvalue weighted by Crippen LogP contribution is -2.59. The zero-order chi connectivity index (χ0) is 47.2. The van der Waals surface area contributed by atoms with Gasteiger partial charge in [-0.05, 0) is 131 Å². The lowest BCUT2D eigenvalue weighted by molar-refractivity contribution is -0.148. The summed E-state index contributed by atoms with van der Waals surface area (Å²) in [4.78, 5) is 63.3. The topological polar surface area (TPSA) is 138 Å². The first kappa shape index (κ1) is 47.4. The molecule has 5 fully saturated rings. The van der Waals surface area contributed by atoms with E-state index >= 15 is 4.39 Å². The highest BCUT2D eigenvalue weighted by molar-refractivity contribution is 7.57. The minimum absolute atomic E-state index is 0.0116. The number of thiophene rings is 1. The van der Waals surface area contributed by atoms with Gasteiger partial charge in [0.25, 0.3) is 5.91 Å². The van der Waals surface area contributed by atoms with Gasteiger partial charge in [-0.1, -0.05) is 68.4 Å². The highest BCUT2D eigenvalue weighted by Gasteiger charge is 2.59. The average molecular weight is 958 g/mol. The number of ether oxygens (including phenoxy) is 1. The summed E-state index contributed by atoms with van der Waals surface area (Å²) in [5, 5.41) is 6.19. The predicted octanol–water partition coefficient (Wildman–Crippen LogP) is 9.31. The summed E-state index contributed by atoms with van der Waals surface area (Å²) in [6, 6.07) is 21.9. The number of nitrogens with zero attached hydrogens (tertiary/aromatic N) is 3. The molecule has 358 valence electrons. The van der Waals surface area contributed by atoms with Gasteiger partial charge in [0.1, 0.15) is 30.0 Å². The van der Waals surface area contributed by atoms with Crippen molar-refractivity contribution in [1.82, 2.24) is 25.1 Å². The first-order valence-electron chi connectivity index (χ1n) is 23.9. The highest BCUT2D eigenvalue weighted by Crippen LogP contribution is 2.58. The van der Waals surface area contributed by atoms with E-state index in [0.717, 1.165) is 19.3 Å². The number of amides is 3. The molecule has 12 nitrogen and oxygen atoms in total. The maximum Gasteiger partial charge on any atom is 0.355 e. The van der Waals surface area contributed by atoms with Crippen LogP contribution in [0.5, 0.6) is 5.75 Å². The number of para-hydroxylation sites is 1. The molecular formula is C51H62F2N5O7PS. The molecule has 1 aromatic heterocycles. The summed E-state index contributed by atoms with van der Waals surface area (Å²) in [6.07, 6.45) is 5.75. The number of carbonyl (C=O) groups is 4. The van der Waals surface area contributed by atoms with Gasteiger partial charge in [0.2, 0.25) is 17.7 Å². The SMILES string of the molecule is CC(C)COC(=O)[C@H](C)NP(=O)(Oc1ccccc1)[C@@H](F)c1ccc2sc(C(=O)N[C@H]3CC[C@H](N(C)C4CC(F)C4)C[C@H]4CC[C@@H](C(=O)N5C[C@H](c6ccccc6)CC56CC6)N4C3=O)cc2c1. The molecule has 0 radical (unpaired) electrons. The average Bonchev–Trinajstić information content (AvgIpc) is 3.58. The van der Waals surface area contributed by atoms with Crippen molar-refractivity contribution in [3.8, 4) is 5.75 Å². The fourth-order valence-electron chi connectivity index (χ4n) is 10.8. The number of hydrogen-bond donors (Lipinski definition) is 2. The van der Waals surface area contributed by atoms with Crippen molar-refractivity contribution in [2.45, 2.75) is 145 Å². The minimum Gasteiger partial charge on any atom is -0.464 e. The maximum atomic E-state index is 16.8. The molecule has 1 spiro atoms. The molecule has 2 N–H and O–H groups in total. The Morgan fingerprint density at radius 2 is 1.64 bits per heavy atom. The van der Waals surface area contributed by atoms with Crippen LogP contribution in [-0.2, 0) is 23.7 Å². The number of alkyl halides is 2. The van der Waals surface area contributed by atoms with Crippen LogP contribution in [0.15, 0.2) is 84.9 Å². The number of fused-ring (bicyclic) bond motifs is 2. The summed E-state index contributed by atoms with van der Waals surface area (Å²) in [5.41, 5.74) is 1.05. The Bertz CT molecular complexity index is 2500. The summed E-state index contributed by atoms with van der Waals surface area (Å²) in [6.45, 7) is 5.96. The normalized spacial score (nSPS) is 27.5. The number of likely N-dealkylation sites (tertiary alicyclic amines) is 1. The molecule has 2 aliphatic carbocycles. The van der Waals surface area contributed by atoms with E-state index in [0.29, 0.717) is 66.5 Å². The lowest BCUT2D eigenvalue weighted by atomic mass is 9.86. The molecule has 16 heteroatoms. The van der Waals surface area contributed by atoms with Gasteiger partial charge >= 0.3 is 13.5 Å². The highest BCUT2D eigenvalue weighted by atomic mass is 32.1. The molecule has 3 amide bonds. The van der Waals surface area contributed by atoms with Crippen molar-refractivity contribution in [3.63, 3.8) is 0 Å². The Labute approximate surface area is 395 Å². The number of carbonyl (C=O) groups excluding carboxylic acids is 4. The van der Waals surface area contributed by atoms with Gasteiger partial charge in [0.05, 0.1) is 11.5 Å². The number of hydrogen-bond acceptors (Lipinski definition) is 9. The van der Waals surface area contributed by atoms with Crippen LogP contribution in [0.3, 0.4) is 0 Å². The quantitative estimate of drug-likeness (QED) is 0.0883. The zero-order valence-electron chi connectivity index (χ0n) is 38.7. The van der Waals surface area contributed by atoms with Crippen LogP contribution in [-0.4, -0.2) is 107 Å². The molecule has 67 heavy (non-hydrogen) atoms. The van der Waals surface area contributed by atoms with Crippen molar-refractivity contribution in [3.05, 3.63) is 101 Å². The van der Waals surface area contributed by atoms with Gasteiger partial charge in [-0.25, -0.2) is 13.9 Å². The Hall–Kier alpha value is -4.69. The third-order valence-corrected chi connectivity index (χ3v) is 18.0. The van der Waals surface area contributed by atoms with E-state index in [1.54, 1.807) is 47.4 Å². The zero-order valence-corrected chi connectivity index (χ0v) is 40.4. The number of benzene rings is 3. The van der Waals surface area contributed by atoms with E-state index in [2.05, 4.69) is 32.3 Å². The fourth-order valence-corrected chi connectivity index (χ4v) is 13.6. The molecule has 1 unspecified atom stereocenters. The number of rotatable bonds is 15. The first-order chi connectivity index (χ1) is 32.1. The summed E-state index contributed by atoms with van der Waals surface area (Å²) in [5.74, 6) is -3.23. The Morgan fingerprint density at radius 3 is 2.33 bits per heavy atom. The Kier molecular flexibility index (Phi) is 13.7. The maximum absolute atomic E-state index is 16.8. The minimum atomic E-state index is -4.50. The van der Waals surface area contributed by atoms with Crippen LogP contribution >= 0.6 is 18.9 Å². The number of nitrogens with one attached hydrogen (secondary N) is 2. The Morgan fingerprint density at radius 1 is 0.925 bits per heavy atom. The largest absolute Gasteiger partial charge is 0.464 e. The molecule has 4 aromatic rings. The van der Waals surface area contributed by atoms with Gasteiger partial charge in [0.15, 0.2) is 0 Å². The molecule has 0 bridgehead atoms. The van der Waals surface area contributed by atoms with Gasteiger partial charge in [-0.15, -0.1) is 11.3 Å². The lowest BCUT2D eigenvalue weighted by Gasteiger charge is -2.45. The summed E-state index contributed by atoms with van der Waals surface area (Å²) >= 11 is 1.18. The second kappa shape index (κ2) is 19.4. The summed E-state index contributed by atoms with van der Waals surface area (Å²) < 4.78 is 57.2. The van der Waals surface area contributed by atoms with Crippen LogP contribution in [0.1, 0.15) is 118 Å². The van der Waals surface area contributed by atoms with Gasteiger partial charge in [0, 0.05) is 40.8 Å². The molecular weight excluding hydrogens is 896 g/mol. The van der Waals surface area contributed by atoms with Crippen molar-refractivity contribution >= 4 is 52.6 Å². The third kappa shape index (κ3) is 9.94. The van der Waals surface area contributed by atoms with Gasteiger partial charge < -0.3 is 29.3 Å². The van der Waals surface area contributed by atoms with Crippen molar-refractivity contribution in [2.75, 3.05) is 20.2 Å². The number of esters is 1. The van der Waals surface area contributed by atoms with Gasteiger partial charge in [-0.2, -0.15) is 0 Å². The van der Waals surface area contributed by atoms with Crippen LogP contribution in [0.2, 0.25) is 0 Å². The summed E-state index contributed by atoms with van der Waals surface area (Å²) in [7, 11) is -2.46. The Balaban J connectivity index is 0.949.